The van der Waals surface area contributed by atoms with E-state index in [-0.39, 0.29) is 5.76 Å². The van der Waals surface area contributed by atoms with Crippen molar-refractivity contribution >= 4 is 11.9 Å². The Morgan fingerprint density at radius 2 is 1.92 bits per heavy atom. The Balaban J connectivity index is 1.64. The van der Waals surface area contributed by atoms with E-state index in [4.69, 9.17) is 14.9 Å². The molecule has 1 heterocycles. The number of ether oxygens (including phenoxy) is 1. The van der Waals surface area contributed by atoms with E-state index in [1.165, 1.54) is 5.56 Å². The van der Waals surface area contributed by atoms with E-state index in [0.29, 0.717) is 18.3 Å². The summed E-state index contributed by atoms with van der Waals surface area (Å²) in [6.07, 6.45) is 3.13. The zero-order valence-corrected chi connectivity index (χ0v) is 15.2. The van der Waals surface area contributed by atoms with Crippen LogP contribution in [0.15, 0.2) is 45.8 Å². The largest absolute Gasteiger partial charge is 0.497 e. The van der Waals surface area contributed by atoms with Gasteiger partial charge in [0.25, 0.3) is 5.91 Å². The number of aliphatic imine (C=N–C) groups is 1. The Kier molecular flexibility index (Phi) is 7.54. The van der Waals surface area contributed by atoms with E-state index in [9.17, 15) is 4.79 Å². The number of methoxy groups -OCH3 is 1. The third kappa shape index (κ3) is 6.16. The van der Waals surface area contributed by atoms with Crippen LogP contribution < -0.4 is 21.1 Å². The molecule has 0 spiro atoms. The summed E-state index contributed by atoms with van der Waals surface area (Å²) in [7, 11) is 3.38. The second-order valence-corrected chi connectivity index (χ2v) is 5.79. The molecule has 1 amide bonds. The van der Waals surface area contributed by atoms with Crippen LogP contribution >= 0.6 is 0 Å². The van der Waals surface area contributed by atoms with Crippen molar-refractivity contribution in [3.05, 3.63) is 53.5 Å². The highest BCUT2D eigenvalue weighted by Crippen LogP contribution is 2.13. The molecule has 2 rings (SSSR count). The number of carbonyl (C=O) groups is 1. The molecule has 0 aliphatic heterocycles. The number of amides is 1. The fourth-order valence-electron chi connectivity index (χ4n) is 2.45. The van der Waals surface area contributed by atoms with Crippen molar-refractivity contribution in [2.75, 3.05) is 20.7 Å². The molecule has 0 aliphatic carbocycles. The lowest BCUT2D eigenvalue weighted by atomic mass is 10.1. The second kappa shape index (κ2) is 10.1. The number of guanidine groups is 1. The van der Waals surface area contributed by atoms with Crippen molar-refractivity contribution in [3.63, 3.8) is 0 Å². The maximum absolute atomic E-state index is 11.0. The predicted octanol–water partition coefficient (Wildman–Crippen LogP) is 2.07. The molecule has 0 saturated carbocycles. The van der Waals surface area contributed by atoms with Crippen molar-refractivity contribution in [2.45, 2.75) is 25.8 Å². The number of benzene rings is 1. The molecule has 0 aliphatic rings. The van der Waals surface area contributed by atoms with Crippen LogP contribution in [0.2, 0.25) is 0 Å². The van der Waals surface area contributed by atoms with Gasteiger partial charge in [0, 0.05) is 13.6 Å². The van der Waals surface area contributed by atoms with Crippen molar-refractivity contribution in [1.82, 2.24) is 10.6 Å². The number of unbranched alkanes of at least 4 members (excludes halogenated alkanes) is 1. The van der Waals surface area contributed by atoms with Crippen molar-refractivity contribution in [1.29, 1.82) is 0 Å². The van der Waals surface area contributed by atoms with Crippen LogP contribution in [0.4, 0.5) is 0 Å². The van der Waals surface area contributed by atoms with Gasteiger partial charge in [0.05, 0.1) is 13.7 Å². The summed E-state index contributed by atoms with van der Waals surface area (Å²) in [6.45, 7) is 1.25. The summed E-state index contributed by atoms with van der Waals surface area (Å²) in [5.41, 5.74) is 6.47. The lowest BCUT2D eigenvalue weighted by molar-refractivity contribution is 0.0972. The molecule has 0 saturated heterocycles. The first-order chi connectivity index (χ1) is 12.6. The van der Waals surface area contributed by atoms with Gasteiger partial charge >= 0.3 is 0 Å². The average molecular weight is 358 g/mol. The minimum absolute atomic E-state index is 0.156. The number of furan rings is 1. The number of nitrogens with one attached hydrogen (secondary N) is 2. The molecule has 4 N–H and O–H groups in total. The molecular formula is C19H26N4O3. The Bertz CT molecular complexity index is 723. The lowest BCUT2D eigenvalue weighted by Crippen LogP contribution is -2.37. The van der Waals surface area contributed by atoms with E-state index in [1.54, 1.807) is 26.3 Å². The molecule has 0 radical (unpaired) electrons. The van der Waals surface area contributed by atoms with Gasteiger partial charge < -0.3 is 25.5 Å². The van der Waals surface area contributed by atoms with Gasteiger partial charge in [-0.25, -0.2) is 0 Å². The number of nitrogens with two attached hydrogens (primary N) is 1. The molecule has 2 aromatic rings. The first-order valence-electron chi connectivity index (χ1n) is 8.58. The summed E-state index contributed by atoms with van der Waals surface area (Å²) in [6, 6.07) is 11.4. The summed E-state index contributed by atoms with van der Waals surface area (Å²) >= 11 is 0. The van der Waals surface area contributed by atoms with Gasteiger partial charge in [-0.3, -0.25) is 9.79 Å². The van der Waals surface area contributed by atoms with Gasteiger partial charge in [0.2, 0.25) is 0 Å². The molecule has 7 nitrogen and oxygen atoms in total. The maximum atomic E-state index is 11.0. The first-order valence-corrected chi connectivity index (χ1v) is 8.58. The van der Waals surface area contributed by atoms with Gasteiger partial charge in [0.15, 0.2) is 11.7 Å². The standard InChI is InChI=1S/C19H26N4O3/c1-21-19(23-13-16-10-11-17(26-16)18(20)24)22-12-4-3-5-14-6-8-15(25-2)9-7-14/h6-11H,3-5,12-13H2,1-2H3,(H2,20,24)(H2,21,22,23). The van der Waals surface area contributed by atoms with Gasteiger partial charge in [-0.2, -0.15) is 0 Å². The van der Waals surface area contributed by atoms with Gasteiger partial charge in [0.1, 0.15) is 11.5 Å². The number of carbonyl (C=O) groups excluding carboxylic acids is 1. The number of rotatable bonds is 9. The highest BCUT2D eigenvalue weighted by molar-refractivity contribution is 5.89. The molecule has 26 heavy (non-hydrogen) atoms. The topological polar surface area (TPSA) is 102 Å². The zero-order valence-electron chi connectivity index (χ0n) is 15.2. The minimum atomic E-state index is -0.574. The van der Waals surface area contributed by atoms with Crippen molar-refractivity contribution < 1.29 is 13.9 Å². The van der Waals surface area contributed by atoms with E-state index < -0.39 is 5.91 Å². The summed E-state index contributed by atoms with van der Waals surface area (Å²) in [5, 5.41) is 6.40. The normalized spacial score (nSPS) is 11.2. The number of aryl methyl sites for hydroxylation is 1. The van der Waals surface area contributed by atoms with Crippen LogP contribution in [0.5, 0.6) is 5.75 Å². The molecule has 0 bridgehead atoms. The SMILES string of the molecule is CN=C(NCCCCc1ccc(OC)cc1)NCc1ccc(C(N)=O)o1. The highest BCUT2D eigenvalue weighted by atomic mass is 16.5. The van der Waals surface area contributed by atoms with Crippen LogP contribution in [0.3, 0.4) is 0 Å². The summed E-state index contributed by atoms with van der Waals surface area (Å²) in [4.78, 5) is 15.2. The van der Waals surface area contributed by atoms with Crippen molar-refractivity contribution in [2.24, 2.45) is 10.7 Å². The number of nitrogens with zero attached hydrogens (tertiary/aromatic N) is 1. The fourth-order valence-corrected chi connectivity index (χ4v) is 2.45. The molecule has 1 aromatic carbocycles. The van der Waals surface area contributed by atoms with Crippen LogP contribution in [0.1, 0.15) is 34.7 Å². The lowest BCUT2D eigenvalue weighted by Gasteiger charge is -2.11. The average Bonchev–Trinajstić information content (AvgIpc) is 3.14. The van der Waals surface area contributed by atoms with E-state index in [2.05, 4.69) is 27.8 Å². The maximum Gasteiger partial charge on any atom is 0.284 e. The molecule has 1 aromatic heterocycles. The molecule has 140 valence electrons. The third-order valence-corrected chi connectivity index (χ3v) is 3.90. The van der Waals surface area contributed by atoms with Crippen LogP contribution in [-0.2, 0) is 13.0 Å². The molecule has 0 unspecified atom stereocenters. The zero-order chi connectivity index (χ0) is 18.8. The number of primary amides is 1. The Labute approximate surface area is 153 Å². The third-order valence-electron chi connectivity index (χ3n) is 3.90. The van der Waals surface area contributed by atoms with Crippen LogP contribution in [-0.4, -0.2) is 32.6 Å². The number of hydrogen-bond acceptors (Lipinski definition) is 4. The second-order valence-electron chi connectivity index (χ2n) is 5.79. The Morgan fingerprint density at radius 3 is 2.54 bits per heavy atom. The van der Waals surface area contributed by atoms with E-state index in [0.717, 1.165) is 31.6 Å². The smallest absolute Gasteiger partial charge is 0.284 e. The monoisotopic (exact) mass is 358 g/mol. The van der Waals surface area contributed by atoms with E-state index in [1.807, 2.05) is 12.1 Å². The minimum Gasteiger partial charge on any atom is -0.497 e. The predicted molar refractivity (Wildman–Crippen MR) is 101 cm³/mol. The van der Waals surface area contributed by atoms with Gasteiger partial charge in [-0.1, -0.05) is 12.1 Å². The highest BCUT2D eigenvalue weighted by Gasteiger charge is 2.07. The van der Waals surface area contributed by atoms with E-state index >= 15 is 0 Å². The quantitative estimate of drug-likeness (QED) is 0.362. The van der Waals surface area contributed by atoms with Crippen LogP contribution in [0.25, 0.3) is 0 Å². The molecule has 0 fully saturated rings. The fraction of sp³-hybridized carbons (Fsp3) is 0.368. The first kappa shape index (κ1) is 19.4. The van der Waals surface area contributed by atoms with Crippen LogP contribution in [0, 0.1) is 0 Å². The Morgan fingerprint density at radius 1 is 1.15 bits per heavy atom. The molecule has 7 heteroatoms. The van der Waals surface area contributed by atoms with Gasteiger partial charge in [-0.15, -0.1) is 0 Å². The Hall–Kier alpha value is -2.96. The molecule has 0 atom stereocenters. The van der Waals surface area contributed by atoms with Gasteiger partial charge in [-0.05, 0) is 49.1 Å². The van der Waals surface area contributed by atoms with Crippen molar-refractivity contribution in [3.8, 4) is 5.75 Å². The molecular weight excluding hydrogens is 332 g/mol. The summed E-state index contributed by atoms with van der Waals surface area (Å²) < 4.78 is 10.5. The number of hydrogen-bond donors (Lipinski definition) is 3. The summed E-state index contributed by atoms with van der Waals surface area (Å²) in [5.74, 6) is 1.77.